The van der Waals surface area contributed by atoms with Gasteiger partial charge in [0.2, 0.25) is 23.6 Å². The van der Waals surface area contributed by atoms with E-state index in [1.165, 1.54) is 17.4 Å². The average Bonchev–Trinajstić information content (AvgIpc) is 3.19. The highest BCUT2D eigenvalue weighted by Crippen LogP contribution is 2.27. The first-order valence-electron chi connectivity index (χ1n) is 11.2. The molecule has 0 bridgehead atoms. The van der Waals surface area contributed by atoms with Crippen LogP contribution >= 0.6 is 0 Å². The van der Waals surface area contributed by atoms with E-state index in [2.05, 4.69) is 17.6 Å². The molecule has 1 fully saturated rings. The van der Waals surface area contributed by atoms with Gasteiger partial charge >= 0.3 is 0 Å². The van der Waals surface area contributed by atoms with Crippen LogP contribution in [-0.2, 0) is 25.6 Å². The molecule has 174 valence electrons. The van der Waals surface area contributed by atoms with Crippen molar-refractivity contribution in [2.75, 3.05) is 35.2 Å². The maximum atomic E-state index is 13.1. The number of carbonyl (C=O) groups excluding carboxylic acids is 4. The number of carbonyl (C=O) groups is 4. The van der Waals surface area contributed by atoms with Crippen molar-refractivity contribution in [3.8, 4) is 0 Å². The monoisotopic (exact) mass is 450 g/mol. The number of benzene rings is 2. The summed E-state index contributed by atoms with van der Waals surface area (Å²) in [5, 5.41) is 5.43. The third-order valence-corrected chi connectivity index (χ3v) is 5.65. The first-order chi connectivity index (χ1) is 15.8. The number of nitrogens with one attached hydrogen (secondary N) is 2. The lowest BCUT2D eigenvalue weighted by molar-refractivity contribution is -0.138. The smallest absolute Gasteiger partial charge is 0.243 e. The summed E-state index contributed by atoms with van der Waals surface area (Å²) in [6.45, 7) is 5.88. The van der Waals surface area contributed by atoms with Crippen LogP contribution < -0.4 is 15.5 Å². The molecular weight excluding hydrogens is 420 g/mol. The van der Waals surface area contributed by atoms with Crippen molar-refractivity contribution < 1.29 is 19.2 Å². The van der Waals surface area contributed by atoms with Gasteiger partial charge in [0.05, 0.1) is 12.5 Å². The molecule has 2 aromatic rings. The van der Waals surface area contributed by atoms with Crippen LogP contribution in [0.1, 0.15) is 32.8 Å². The van der Waals surface area contributed by atoms with Gasteiger partial charge in [-0.15, -0.1) is 0 Å². The van der Waals surface area contributed by atoms with Crippen LogP contribution in [0.15, 0.2) is 48.5 Å². The zero-order valence-electron chi connectivity index (χ0n) is 19.3. The van der Waals surface area contributed by atoms with Crippen LogP contribution in [0.5, 0.6) is 0 Å². The van der Waals surface area contributed by atoms with Crippen molar-refractivity contribution in [1.82, 2.24) is 4.90 Å². The van der Waals surface area contributed by atoms with Gasteiger partial charge in [0.25, 0.3) is 0 Å². The van der Waals surface area contributed by atoms with E-state index in [1.807, 2.05) is 31.2 Å². The molecule has 0 aliphatic carbocycles. The Labute approximate surface area is 193 Å². The van der Waals surface area contributed by atoms with Crippen LogP contribution in [-0.4, -0.2) is 48.2 Å². The maximum absolute atomic E-state index is 13.1. The van der Waals surface area contributed by atoms with E-state index in [9.17, 15) is 19.2 Å². The summed E-state index contributed by atoms with van der Waals surface area (Å²) in [6, 6.07) is 14.5. The molecule has 1 heterocycles. The minimum atomic E-state index is -0.479. The molecule has 8 nitrogen and oxygen atoms in total. The van der Waals surface area contributed by atoms with Crippen LogP contribution in [0, 0.1) is 5.92 Å². The van der Waals surface area contributed by atoms with Crippen molar-refractivity contribution in [3.05, 3.63) is 54.1 Å². The number of hydrogen-bond acceptors (Lipinski definition) is 4. The van der Waals surface area contributed by atoms with Crippen LogP contribution in [0.4, 0.5) is 17.1 Å². The van der Waals surface area contributed by atoms with Crippen molar-refractivity contribution in [2.24, 2.45) is 5.92 Å². The third-order valence-electron chi connectivity index (χ3n) is 5.65. The highest BCUT2D eigenvalue weighted by Gasteiger charge is 2.37. The number of nitrogens with zero attached hydrogens (tertiary/aromatic N) is 2. The molecule has 0 unspecified atom stereocenters. The second kappa shape index (κ2) is 10.8. The van der Waals surface area contributed by atoms with E-state index in [-0.39, 0.29) is 36.6 Å². The normalized spacial score (nSPS) is 15.3. The molecule has 0 spiro atoms. The van der Waals surface area contributed by atoms with Gasteiger partial charge in [0.15, 0.2) is 0 Å². The first kappa shape index (κ1) is 24.0. The number of aryl methyl sites for hydroxylation is 1. The molecule has 8 heteroatoms. The molecule has 1 saturated heterocycles. The van der Waals surface area contributed by atoms with Crippen molar-refractivity contribution >= 4 is 40.7 Å². The molecule has 1 aliphatic rings. The van der Waals surface area contributed by atoms with Crippen molar-refractivity contribution in [3.63, 3.8) is 0 Å². The van der Waals surface area contributed by atoms with Gasteiger partial charge in [-0.3, -0.25) is 19.2 Å². The fourth-order valence-electron chi connectivity index (χ4n) is 3.85. The molecular formula is C25H30N4O4. The number of rotatable bonds is 8. The fraction of sp³-hybridized carbons (Fsp3) is 0.360. The predicted molar refractivity (Wildman–Crippen MR) is 128 cm³/mol. The first-order valence-corrected chi connectivity index (χ1v) is 11.2. The Morgan fingerprint density at radius 1 is 0.970 bits per heavy atom. The summed E-state index contributed by atoms with van der Waals surface area (Å²) in [7, 11) is 0. The molecule has 2 N–H and O–H groups in total. The Morgan fingerprint density at radius 3 is 2.12 bits per heavy atom. The molecule has 0 radical (unpaired) electrons. The summed E-state index contributed by atoms with van der Waals surface area (Å²) < 4.78 is 0. The summed E-state index contributed by atoms with van der Waals surface area (Å²) in [5.74, 6) is -1.26. The lowest BCUT2D eigenvalue weighted by Crippen LogP contribution is -2.42. The Kier molecular flexibility index (Phi) is 7.82. The molecule has 0 aromatic heterocycles. The Hall–Kier alpha value is -3.68. The Morgan fingerprint density at radius 2 is 1.58 bits per heavy atom. The van der Waals surface area contributed by atoms with E-state index < -0.39 is 5.92 Å². The number of hydrogen-bond donors (Lipinski definition) is 2. The van der Waals surface area contributed by atoms with Crippen molar-refractivity contribution in [2.45, 2.75) is 33.6 Å². The van der Waals surface area contributed by atoms with E-state index in [0.29, 0.717) is 24.5 Å². The van der Waals surface area contributed by atoms with Crippen LogP contribution in [0.3, 0.4) is 0 Å². The number of amides is 4. The molecule has 0 saturated carbocycles. The molecule has 1 aliphatic heterocycles. The predicted octanol–water partition coefficient (Wildman–Crippen LogP) is 3.05. The van der Waals surface area contributed by atoms with Gasteiger partial charge < -0.3 is 20.4 Å². The van der Waals surface area contributed by atoms with Gasteiger partial charge in [-0.2, -0.15) is 0 Å². The summed E-state index contributed by atoms with van der Waals surface area (Å²) in [4.78, 5) is 52.4. The summed E-state index contributed by atoms with van der Waals surface area (Å²) in [6.07, 6.45) is 1.05. The average molecular weight is 451 g/mol. The van der Waals surface area contributed by atoms with Gasteiger partial charge in [-0.1, -0.05) is 19.1 Å². The zero-order chi connectivity index (χ0) is 24.0. The van der Waals surface area contributed by atoms with Crippen LogP contribution in [0.25, 0.3) is 0 Å². The molecule has 3 rings (SSSR count). The second-order valence-corrected chi connectivity index (χ2v) is 8.08. The van der Waals surface area contributed by atoms with Gasteiger partial charge in [-0.05, 0) is 55.3 Å². The van der Waals surface area contributed by atoms with E-state index in [0.717, 1.165) is 12.1 Å². The second-order valence-electron chi connectivity index (χ2n) is 8.08. The SMILES string of the molecule is CCc1ccc(N2C[C@H](C(=O)N(CC)CC(=O)Nc3ccc(NC(C)=O)cc3)CC2=O)cc1. The third kappa shape index (κ3) is 6.19. The summed E-state index contributed by atoms with van der Waals surface area (Å²) >= 11 is 0. The highest BCUT2D eigenvalue weighted by atomic mass is 16.2. The number of anilines is 3. The fourth-order valence-corrected chi connectivity index (χ4v) is 3.85. The molecule has 4 amide bonds. The van der Waals surface area contributed by atoms with E-state index in [4.69, 9.17) is 0 Å². The van der Waals surface area contributed by atoms with Gasteiger partial charge in [0, 0.05) is 43.5 Å². The van der Waals surface area contributed by atoms with Crippen molar-refractivity contribution in [1.29, 1.82) is 0 Å². The standard InChI is InChI=1S/C25H30N4O4/c1-4-18-6-12-22(13-7-18)29-15-19(14-24(29)32)25(33)28(5-2)16-23(31)27-21-10-8-20(9-11-21)26-17(3)30/h6-13,19H,4-5,14-16H2,1-3H3,(H,26,30)(H,27,31)/t19-/m1/s1. The molecule has 2 aromatic carbocycles. The van der Waals surface area contributed by atoms with Crippen LogP contribution in [0.2, 0.25) is 0 Å². The van der Waals surface area contributed by atoms with Gasteiger partial charge in [-0.25, -0.2) is 0 Å². The lowest BCUT2D eigenvalue weighted by atomic mass is 10.1. The van der Waals surface area contributed by atoms with E-state index in [1.54, 1.807) is 29.2 Å². The summed E-state index contributed by atoms with van der Waals surface area (Å²) in [5.41, 5.74) is 3.17. The Bertz CT molecular complexity index is 1020. The quantitative estimate of drug-likeness (QED) is 0.646. The van der Waals surface area contributed by atoms with Gasteiger partial charge in [0.1, 0.15) is 0 Å². The zero-order valence-corrected chi connectivity index (χ0v) is 19.3. The Balaban J connectivity index is 1.58. The molecule has 33 heavy (non-hydrogen) atoms. The highest BCUT2D eigenvalue weighted by molar-refractivity contribution is 6.01. The van der Waals surface area contributed by atoms with E-state index >= 15 is 0 Å². The lowest BCUT2D eigenvalue weighted by Gasteiger charge is -2.24. The molecule has 1 atom stereocenters. The maximum Gasteiger partial charge on any atom is 0.243 e. The minimum absolute atomic E-state index is 0.0858. The topological polar surface area (TPSA) is 98.8 Å². The minimum Gasteiger partial charge on any atom is -0.333 e. The number of likely N-dealkylation sites (N-methyl/N-ethyl adjacent to an activating group) is 1. The largest absolute Gasteiger partial charge is 0.333 e.